The third-order valence-corrected chi connectivity index (χ3v) is 4.82. The van der Waals surface area contributed by atoms with Crippen molar-refractivity contribution in [3.05, 3.63) is 60.2 Å². The summed E-state index contributed by atoms with van der Waals surface area (Å²) in [5.74, 6) is 0.0112. The van der Waals surface area contributed by atoms with Crippen LogP contribution in [0, 0.1) is 0 Å². The smallest absolute Gasteiger partial charge is 0.249 e. The number of rotatable bonds is 12. The fourth-order valence-electron chi connectivity index (χ4n) is 3.14. The van der Waals surface area contributed by atoms with Gasteiger partial charge in [0, 0.05) is 25.7 Å². The number of benzene rings is 2. The Balaban J connectivity index is 2.17. The van der Waals surface area contributed by atoms with E-state index < -0.39 is 11.9 Å². The number of likely N-dealkylation sites (N-methyl/N-ethyl adjacent to an activating group) is 1. The molecule has 0 aliphatic heterocycles. The van der Waals surface area contributed by atoms with Crippen molar-refractivity contribution in [1.29, 1.82) is 0 Å². The van der Waals surface area contributed by atoms with Gasteiger partial charge in [-0.1, -0.05) is 30.3 Å². The first kappa shape index (κ1) is 24.0. The van der Waals surface area contributed by atoms with Crippen molar-refractivity contribution >= 4 is 23.8 Å². The summed E-state index contributed by atoms with van der Waals surface area (Å²) in [7, 11) is 3.22. The SMILES string of the molecule is COc1ccc(N(C)C(=O)C(Cc2ccccc2)NC(=O)CN(CC=O)CCO)cc1. The third kappa shape index (κ3) is 7.51. The summed E-state index contributed by atoms with van der Waals surface area (Å²) in [6.07, 6.45) is 0.993. The lowest BCUT2D eigenvalue weighted by Gasteiger charge is -2.26. The van der Waals surface area contributed by atoms with E-state index in [2.05, 4.69) is 5.32 Å². The molecule has 1 unspecified atom stereocenters. The van der Waals surface area contributed by atoms with Gasteiger partial charge in [0.1, 0.15) is 18.1 Å². The van der Waals surface area contributed by atoms with Crippen molar-refractivity contribution < 1.29 is 24.2 Å². The van der Waals surface area contributed by atoms with Gasteiger partial charge in [-0.2, -0.15) is 0 Å². The second-order valence-electron chi connectivity index (χ2n) is 7.03. The predicted octanol–water partition coefficient (Wildman–Crippen LogP) is 0.879. The molecule has 0 saturated carbocycles. The van der Waals surface area contributed by atoms with Gasteiger partial charge in [0.25, 0.3) is 0 Å². The molecule has 0 radical (unpaired) electrons. The van der Waals surface area contributed by atoms with Crippen molar-refractivity contribution in [3.63, 3.8) is 0 Å². The molecule has 2 aromatic carbocycles. The first-order valence-electron chi connectivity index (χ1n) is 10.00. The fourth-order valence-corrected chi connectivity index (χ4v) is 3.14. The highest BCUT2D eigenvalue weighted by Gasteiger charge is 2.26. The maximum atomic E-state index is 13.2. The second kappa shape index (κ2) is 12.5. The molecule has 8 nitrogen and oxygen atoms in total. The highest BCUT2D eigenvalue weighted by Crippen LogP contribution is 2.19. The van der Waals surface area contributed by atoms with Crippen LogP contribution in [0.1, 0.15) is 5.56 Å². The number of anilines is 1. The van der Waals surface area contributed by atoms with Gasteiger partial charge in [-0.15, -0.1) is 0 Å². The molecule has 0 spiro atoms. The predicted molar refractivity (Wildman–Crippen MR) is 118 cm³/mol. The first-order valence-corrected chi connectivity index (χ1v) is 10.00. The van der Waals surface area contributed by atoms with Gasteiger partial charge >= 0.3 is 0 Å². The second-order valence-corrected chi connectivity index (χ2v) is 7.03. The highest BCUT2D eigenvalue weighted by molar-refractivity contribution is 5.99. The Morgan fingerprint density at radius 1 is 1.13 bits per heavy atom. The molecule has 0 aliphatic rings. The average molecular weight is 428 g/mol. The molecule has 0 aliphatic carbocycles. The number of carbonyl (C=O) groups excluding carboxylic acids is 3. The number of amides is 2. The molecule has 2 amide bonds. The summed E-state index contributed by atoms with van der Waals surface area (Å²) in [6, 6.07) is 15.7. The number of carbonyl (C=O) groups is 3. The number of aldehydes is 1. The molecule has 1 atom stereocenters. The molecule has 2 rings (SSSR count). The monoisotopic (exact) mass is 427 g/mol. The quantitative estimate of drug-likeness (QED) is 0.488. The first-order chi connectivity index (χ1) is 15.0. The molecule has 0 saturated heterocycles. The van der Waals surface area contributed by atoms with E-state index in [1.807, 2.05) is 30.3 Å². The largest absolute Gasteiger partial charge is 0.497 e. The van der Waals surface area contributed by atoms with Gasteiger partial charge < -0.3 is 24.9 Å². The van der Waals surface area contributed by atoms with E-state index in [-0.39, 0.29) is 32.1 Å². The number of aliphatic hydroxyl groups excluding tert-OH is 1. The highest BCUT2D eigenvalue weighted by atomic mass is 16.5. The van der Waals surface area contributed by atoms with Gasteiger partial charge in [-0.05, 0) is 29.8 Å². The van der Waals surface area contributed by atoms with Crippen LogP contribution in [0.2, 0.25) is 0 Å². The fraction of sp³-hybridized carbons (Fsp3) is 0.348. The van der Waals surface area contributed by atoms with Crippen LogP contribution in [0.25, 0.3) is 0 Å². The number of hydrogen-bond acceptors (Lipinski definition) is 6. The Morgan fingerprint density at radius 3 is 2.39 bits per heavy atom. The zero-order valence-electron chi connectivity index (χ0n) is 17.9. The van der Waals surface area contributed by atoms with Crippen LogP contribution in [0.4, 0.5) is 5.69 Å². The van der Waals surface area contributed by atoms with E-state index in [1.54, 1.807) is 38.4 Å². The maximum absolute atomic E-state index is 13.2. The number of nitrogens with zero attached hydrogens (tertiary/aromatic N) is 2. The molecular formula is C23H29N3O5. The van der Waals surface area contributed by atoms with E-state index in [4.69, 9.17) is 9.84 Å². The van der Waals surface area contributed by atoms with Crippen molar-refractivity contribution in [2.24, 2.45) is 0 Å². The van der Waals surface area contributed by atoms with Crippen LogP contribution in [0.3, 0.4) is 0 Å². The van der Waals surface area contributed by atoms with Gasteiger partial charge in [-0.3, -0.25) is 14.5 Å². The molecule has 0 heterocycles. The van der Waals surface area contributed by atoms with E-state index in [0.29, 0.717) is 24.1 Å². The van der Waals surface area contributed by atoms with Crippen molar-refractivity contribution in [1.82, 2.24) is 10.2 Å². The number of aliphatic hydroxyl groups is 1. The van der Waals surface area contributed by atoms with Crippen molar-refractivity contribution in [2.75, 3.05) is 45.3 Å². The van der Waals surface area contributed by atoms with Crippen molar-refractivity contribution in [2.45, 2.75) is 12.5 Å². The molecule has 0 fully saturated rings. The van der Waals surface area contributed by atoms with Gasteiger partial charge in [-0.25, -0.2) is 0 Å². The zero-order valence-corrected chi connectivity index (χ0v) is 17.9. The summed E-state index contributed by atoms with van der Waals surface area (Å²) < 4.78 is 5.16. The minimum absolute atomic E-state index is 0.0248. The minimum Gasteiger partial charge on any atom is -0.497 e. The lowest BCUT2D eigenvalue weighted by Crippen LogP contribution is -2.51. The normalized spacial score (nSPS) is 11.6. The standard InChI is InChI=1S/C23H29N3O5/c1-25(19-8-10-20(31-2)11-9-19)23(30)21(16-18-6-4-3-5-7-18)24-22(29)17-26(12-14-27)13-15-28/h3-11,14,21,28H,12-13,15-17H2,1-2H3,(H,24,29). The summed E-state index contributed by atoms with van der Waals surface area (Å²) >= 11 is 0. The molecular weight excluding hydrogens is 398 g/mol. The third-order valence-electron chi connectivity index (χ3n) is 4.82. The van der Waals surface area contributed by atoms with Crippen LogP contribution < -0.4 is 15.0 Å². The summed E-state index contributed by atoms with van der Waals surface area (Å²) in [4.78, 5) is 39.7. The Hall–Kier alpha value is -3.23. The Bertz CT molecular complexity index is 842. The van der Waals surface area contributed by atoms with Crippen LogP contribution in [0.5, 0.6) is 5.75 Å². The topological polar surface area (TPSA) is 99.2 Å². The molecule has 8 heteroatoms. The summed E-state index contributed by atoms with van der Waals surface area (Å²) in [5, 5.41) is 11.9. The zero-order chi connectivity index (χ0) is 22.6. The van der Waals surface area contributed by atoms with Crippen molar-refractivity contribution in [3.8, 4) is 5.75 Å². The Morgan fingerprint density at radius 2 is 1.81 bits per heavy atom. The molecule has 166 valence electrons. The van der Waals surface area contributed by atoms with E-state index in [1.165, 1.54) is 9.80 Å². The van der Waals surface area contributed by atoms with E-state index in [0.717, 1.165) is 5.56 Å². The lowest BCUT2D eigenvalue weighted by atomic mass is 10.0. The summed E-state index contributed by atoms with van der Waals surface area (Å²) in [5.41, 5.74) is 1.57. The van der Waals surface area contributed by atoms with Gasteiger partial charge in [0.15, 0.2) is 0 Å². The average Bonchev–Trinajstić information content (AvgIpc) is 2.78. The molecule has 0 bridgehead atoms. The molecule has 2 aromatic rings. The minimum atomic E-state index is -0.797. The van der Waals surface area contributed by atoms with Crippen LogP contribution >= 0.6 is 0 Å². The molecule has 31 heavy (non-hydrogen) atoms. The van der Waals surface area contributed by atoms with Crippen LogP contribution in [-0.2, 0) is 20.8 Å². The maximum Gasteiger partial charge on any atom is 0.249 e. The van der Waals surface area contributed by atoms with Gasteiger partial charge in [0.2, 0.25) is 11.8 Å². The number of hydrogen-bond donors (Lipinski definition) is 2. The lowest BCUT2D eigenvalue weighted by molar-refractivity contribution is -0.128. The van der Waals surface area contributed by atoms with Crippen LogP contribution in [0.15, 0.2) is 54.6 Å². The number of nitrogens with one attached hydrogen (secondary N) is 1. The molecule has 2 N–H and O–H groups in total. The van der Waals surface area contributed by atoms with Crippen LogP contribution in [-0.4, -0.2) is 74.5 Å². The Labute approximate surface area is 182 Å². The number of methoxy groups -OCH3 is 1. The van der Waals surface area contributed by atoms with E-state index >= 15 is 0 Å². The number of ether oxygens (including phenoxy) is 1. The van der Waals surface area contributed by atoms with Gasteiger partial charge in [0.05, 0.1) is 26.8 Å². The van der Waals surface area contributed by atoms with E-state index in [9.17, 15) is 14.4 Å². The Kier molecular flexibility index (Phi) is 9.67. The molecule has 0 aromatic heterocycles. The summed E-state index contributed by atoms with van der Waals surface area (Å²) in [6.45, 7) is -0.0515.